The molecule has 0 fully saturated rings. The molecule has 0 amide bonds. The number of nitrogens with zero attached hydrogens (tertiary/aromatic N) is 4. The van der Waals surface area contributed by atoms with Crippen molar-refractivity contribution < 1.29 is 22.0 Å². The number of nitriles is 1. The third kappa shape index (κ3) is 6.34. The molecule has 2 heterocycles. The summed E-state index contributed by atoms with van der Waals surface area (Å²) in [6.07, 6.45) is -4.46. The Morgan fingerprint density at radius 1 is 0.492 bits per heavy atom. The van der Waals surface area contributed by atoms with E-state index in [1.165, 1.54) is 17.7 Å². The van der Waals surface area contributed by atoms with Gasteiger partial charge in [0.25, 0.3) is 0 Å². The van der Waals surface area contributed by atoms with Crippen LogP contribution < -0.4 is 9.80 Å². The van der Waals surface area contributed by atoms with Crippen LogP contribution in [0.25, 0.3) is 70.3 Å². The van der Waals surface area contributed by atoms with Gasteiger partial charge in [0.2, 0.25) is 0 Å². The first kappa shape index (κ1) is 37.5. The molecule has 63 heavy (non-hydrogen) atoms. The lowest BCUT2D eigenvalue weighted by Gasteiger charge is -2.26. The average Bonchev–Trinajstić information content (AvgIpc) is 3.87. The molecule has 0 aliphatic rings. The summed E-state index contributed by atoms with van der Waals surface area (Å²) in [4.78, 5) is 7.63. The number of furan rings is 2. The van der Waals surface area contributed by atoms with E-state index in [1.54, 1.807) is 24.3 Å². The Bertz CT molecular complexity index is 3690. The van der Waals surface area contributed by atoms with Crippen LogP contribution in [0.15, 0.2) is 179 Å². The van der Waals surface area contributed by atoms with Crippen LogP contribution >= 0.6 is 0 Å². The first-order chi connectivity index (χ1) is 30.6. The summed E-state index contributed by atoms with van der Waals surface area (Å²) in [5.74, 6) is 0. The summed E-state index contributed by atoms with van der Waals surface area (Å²) < 4.78 is 53.8. The maximum Gasteiger partial charge on any atom is 0.416 e. The molecule has 0 bridgehead atoms. The Balaban J connectivity index is 0.987. The zero-order valence-electron chi connectivity index (χ0n) is 33.4. The molecule has 0 radical (unpaired) electrons. The van der Waals surface area contributed by atoms with Gasteiger partial charge in [-0.25, -0.2) is 4.85 Å². The van der Waals surface area contributed by atoms with Crippen molar-refractivity contribution in [3.05, 3.63) is 198 Å². The molecule has 0 aliphatic heterocycles. The molecule has 300 valence electrons. The Hall–Kier alpha value is -8.53. The van der Waals surface area contributed by atoms with Crippen LogP contribution in [0.1, 0.15) is 16.7 Å². The molecule has 9 heteroatoms. The van der Waals surface area contributed by atoms with Crippen LogP contribution in [0.2, 0.25) is 0 Å². The van der Waals surface area contributed by atoms with E-state index < -0.39 is 11.7 Å². The molecule has 9 aromatic carbocycles. The van der Waals surface area contributed by atoms with Gasteiger partial charge in [0.1, 0.15) is 22.3 Å². The molecule has 2 aromatic heterocycles. The Kier molecular flexibility index (Phi) is 8.50. The largest absolute Gasteiger partial charge is 0.455 e. The van der Waals surface area contributed by atoms with Crippen molar-refractivity contribution >= 4 is 105 Å². The number of aryl methyl sites for hydroxylation is 1. The molecule has 0 N–H and O–H groups in total. The second kappa shape index (κ2) is 14.3. The van der Waals surface area contributed by atoms with E-state index in [2.05, 4.69) is 83.4 Å². The fourth-order valence-corrected chi connectivity index (χ4v) is 8.62. The zero-order chi connectivity index (χ0) is 43.0. The van der Waals surface area contributed by atoms with Crippen LogP contribution in [0, 0.1) is 24.8 Å². The van der Waals surface area contributed by atoms with Crippen LogP contribution in [0.5, 0.6) is 0 Å². The predicted octanol–water partition coefficient (Wildman–Crippen LogP) is 16.5. The third-order valence-electron chi connectivity index (χ3n) is 11.7. The number of benzene rings is 9. The first-order valence-corrected chi connectivity index (χ1v) is 20.1. The van der Waals surface area contributed by atoms with E-state index in [4.69, 9.17) is 15.4 Å². The minimum absolute atomic E-state index is 0.474. The highest BCUT2D eigenvalue weighted by Crippen LogP contribution is 2.44. The fourth-order valence-electron chi connectivity index (χ4n) is 8.62. The van der Waals surface area contributed by atoms with E-state index in [9.17, 15) is 18.4 Å². The summed E-state index contributed by atoms with van der Waals surface area (Å²) in [6, 6.07) is 54.7. The normalized spacial score (nSPS) is 11.8. The molecule has 6 nitrogen and oxygen atoms in total. The highest BCUT2D eigenvalue weighted by molar-refractivity contribution is 6.22. The summed E-state index contributed by atoms with van der Waals surface area (Å²) in [5, 5.41) is 17.0. The minimum atomic E-state index is -4.46. The standard InChI is InChI=1S/C54H31F3N4O2/c1-32-3-13-38(14-4-32)60(41-19-11-37(59-2)12-20-41)42-21-25-44-34(27-42)7-23-46-48-29-49-47-24-8-35-28-43(22-26-45(35)53(47)63-51(49)30-50(48)62-52(44)46)61(39-15-5-33(31-58)6-16-39)40-17-9-36(10-18-40)54(55,56)57/h3-30H,1H3. The number of hydrogen-bond acceptors (Lipinski definition) is 5. The van der Waals surface area contributed by atoms with Crippen LogP contribution in [-0.4, -0.2) is 0 Å². The van der Waals surface area contributed by atoms with Crippen molar-refractivity contribution in [2.24, 2.45) is 0 Å². The third-order valence-corrected chi connectivity index (χ3v) is 11.7. The van der Waals surface area contributed by atoms with Crippen LogP contribution in [-0.2, 0) is 6.18 Å². The molecule has 0 spiro atoms. The minimum Gasteiger partial charge on any atom is -0.455 e. The van der Waals surface area contributed by atoms with Crippen molar-refractivity contribution in [3.63, 3.8) is 0 Å². The Morgan fingerprint density at radius 2 is 0.921 bits per heavy atom. The molecular formula is C54H31F3N4O2. The molecule has 0 unspecified atom stereocenters. The second-order valence-corrected chi connectivity index (χ2v) is 15.6. The van der Waals surface area contributed by atoms with Crippen molar-refractivity contribution in [3.8, 4) is 6.07 Å². The summed E-state index contributed by atoms with van der Waals surface area (Å²) >= 11 is 0. The molecule has 0 saturated carbocycles. The molecular weight excluding hydrogens is 794 g/mol. The van der Waals surface area contributed by atoms with E-state index in [1.807, 2.05) is 65.6 Å². The zero-order valence-corrected chi connectivity index (χ0v) is 33.4. The van der Waals surface area contributed by atoms with Gasteiger partial charge in [-0.1, -0.05) is 42.0 Å². The van der Waals surface area contributed by atoms with Crippen LogP contribution in [0.4, 0.5) is 53.0 Å². The maximum absolute atomic E-state index is 13.5. The van der Waals surface area contributed by atoms with Gasteiger partial charge in [-0.2, -0.15) is 18.4 Å². The predicted molar refractivity (Wildman–Crippen MR) is 246 cm³/mol. The Morgan fingerprint density at radius 3 is 1.38 bits per heavy atom. The van der Waals surface area contributed by atoms with Crippen molar-refractivity contribution in [1.29, 1.82) is 5.26 Å². The van der Waals surface area contributed by atoms with E-state index in [-0.39, 0.29) is 0 Å². The highest BCUT2D eigenvalue weighted by Gasteiger charge is 2.30. The van der Waals surface area contributed by atoms with Gasteiger partial charge in [-0.15, -0.1) is 0 Å². The summed E-state index contributed by atoms with van der Waals surface area (Å²) in [7, 11) is 0. The quantitative estimate of drug-likeness (QED) is 0.156. The number of rotatable bonds is 6. The van der Waals surface area contributed by atoms with E-state index in [0.717, 1.165) is 83.6 Å². The number of fused-ring (bicyclic) bond motifs is 10. The smallest absolute Gasteiger partial charge is 0.416 e. The van der Waals surface area contributed by atoms with Gasteiger partial charge >= 0.3 is 6.18 Å². The Labute approximate surface area is 358 Å². The second-order valence-electron chi connectivity index (χ2n) is 15.6. The molecule has 11 rings (SSSR count). The van der Waals surface area contributed by atoms with Gasteiger partial charge < -0.3 is 18.6 Å². The highest BCUT2D eigenvalue weighted by atomic mass is 19.4. The molecule has 0 aliphatic carbocycles. The maximum atomic E-state index is 13.5. The fraction of sp³-hybridized carbons (Fsp3) is 0.0370. The van der Waals surface area contributed by atoms with Gasteiger partial charge in [-0.05, 0) is 145 Å². The van der Waals surface area contributed by atoms with Gasteiger partial charge in [0.15, 0.2) is 5.69 Å². The first-order valence-electron chi connectivity index (χ1n) is 20.1. The number of alkyl halides is 3. The lowest BCUT2D eigenvalue weighted by molar-refractivity contribution is -0.137. The van der Waals surface area contributed by atoms with E-state index >= 15 is 0 Å². The molecule has 0 atom stereocenters. The van der Waals surface area contributed by atoms with Crippen molar-refractivity contribution in [1.82, 2.24) is 0 Å². The molecule has 11 aromatic rings. The van der Waals surface area contributed by atoms with Crippen LogP contribution in [0.3, 0.4) is 0 Å². The SMILES string of the molecule is [C-]#[N+]c1ccc(N(c2ccc(C)cc2)c2ccc3c(ccc4c5cc6c(cc5oc34)oc3c4ccc(N(c5ccc(C#N)cc5)c5ccc(C(F)(F)F)cc5)cc4ccc63)c2)cc1. The lowest BCUT2D eigenvalue weighted by atomic mass is 10.0. The number of halogens is 3. The van der Waals surface area contributed by atoms with Gasteiger partial charge in [-0.3, -0.25) is 0 Å². The van der Waals surface area contributed by atoms with Crippen molar-refractivity contribution in [2.75, 3.05) is 9.80 Å². The number of hydrogen-bond donors (Lipinski definition) is 0. The lowest BCUT2D eigenvalue weighted by Crippen LogP contribution is -2.11. The summed E-state index contributed by atoms with van der Waals surface area (Å²) in [6.45, 7) is 9.49. The average molecular weight is 825 g/mol. The van der Waals surface area contributed by atoms with E-state index in [0.29, 0.717) is 39.4 Å². The topological polar surface area (TPSA) is 60.9 Å². The summed E-state index contributed by atoms with van der Waals surface area (Å²) in [5.41, 5.74) is 9.25. The molecule has 0 saturated heterocycles. The number of anilines is 6. The van der Waals surface area contributed by atoms with Gasteiger partial charge in [0, 0.05) is 72.5 Å². The monoisotopic (exact) mass is 824 g/mol. The van der Waals surface area contributed by atoms with Crippen molar-refractivity contribution in [2.45, 2.75) is 13.1 Å². The van der Waals surface area contributed by atoms with Gasteiger partial charge in [0.05, 0.1) is 23.8 Å².